The van der Waals surface area contributed by atoms with Gasteiger partial charge in [-0.3, -0.25) is 0 Å². The lowest BCUT2D eigenvalue weighted by molar-refractivity contribution is -0.148. The highest BCUT2D eigenvalue weighted by atomic mass is 32.2. The molecule has 4 rings (SSSR count). The highest BCUT2D eigenvalue weighted by Crippen LogP contribution is 2.31. The van der Waals surface area contributed by atoms with Gasteiger partial charge in [-0.2, -0.15) is 8.42 Å². The fourth-order valence-corrected chi connectivity index (χ4v) is 4.81. The van der Waals surface area contributed by atoms with E-state index in [-0.39, 0.29) is 24.1 Å². The van der Waals surface area contributed by atoms with Crippen LogP contribution in [0.5, 0.6) is 5.75 Å². The minimum absolute atomic E-state index is 0.123. The third-order valence-corrected chi connectivity index (χ3v) is 6.35. The summed E-state index contributed by atoms with van der Waals surface area (Å²) < 4.78 is 39.5. The first-order chi connectivity index (χ1) is 14.0. The number of carbonyl (C=O) groups is 1. The van der Waals surface area contributed by atoms with E-state index in [1.54, 1.807) is 23.1 Å². The lowest BCUT2D eigenvalue weighted by atomic mass is 10.1. The number of esters is 1. The van der Waals surface area contributed by atoms with E-state index in [1.807, 2.05) is 31.2 Å². The van der Waals surface area contributed by atoms with E-state index in [9.17, 15) is 13.2 Å². The molecule has 152 valence electrons. The zero-order valence-electron chi connectivity index (χ0n) is 16.1. The lowest BCUT2D eigenvalue weighted by Gasteiger charge is -2.24. The zero-order valence-corrected chi connectivity index (χ0v) is 16.9. The number of hydrogen-bond acceptors (Lipinski definition) is 6. The number of fused-ring (bicyclic) bond motifs is 1. The maximum atomic E-state index is 12.6. The van der Waals surface area contributed by atoms with E-state index in [0.29, 0.717) is 24.4 Å². The van der Waals surface area contributed by atoms with Crippen LogP contribution in [0.4, 0.5) is 0 Å². The zero-order chi connectivity index (χ0) is 20.4. The van der Waals surface area contributed by atoms with E-state index in [4.69, 9.17) is 9.47 Å². The number of benzene rings is 2. The Morgan fingerprint density at radius 1 is 1.14 bits per heavy atom. The van der Waals surface area contributed by atoms with Crippen molar-refractivity contribution in [1.29, 1.82) is 0 Å². The van der Waals surface area contributed by atoms with Gasteiger partial charge in [0.15, 0.2) is 5.84 Å². The van der Waals surface area contributed by atoms with E-state index >= 15 is 0 Å². The summed E-state index contributed by atoms with van der Waals surface area (Å²) in [5, 5.41) is 0. The Bertz CT molecular complexity index is 1050. The van der Waals surface area contributed by atoms with Crippen molar-refractivity contribution in [3.8, 4) is 5.75 Å². The first-order valence-corrected chi connectivity index (χ1v) is 11.0. The summed E-state index contributed by atoms with van der Waals surface area (Å²) in [4.78, 5) is 14.5. The van der Waals surface area contributed by atoms with Crippen LogP contribution in [0.25, 0.3) is 0 Å². The summed E-state index contributed by atoms with van der Waals surface area (Å²) in [7, 11) is -3.72. The number of aryl methyl sites for hydroxylation is 1. The summed E-state index contributed by atoms with van der Waals surface area (Å²) in [6, 6.07) is 13.8. The predicted molar refractivity (Wildman–Crippen MR) is 108 cm³/mol. The summed E-state index contributed by atoms with van der Waals surface area (Å²) in [6.07, 6.45) is 1.36. The van der Waals surface area contributed by atoms with Gasteiger partial charge >= 0.3 is 5.97 Å². The van der Waals surface area contributed by atoms with Crippen LogP contribution in [0.3, 0.4) is 0 Å². The molecule has 7 nitrogen and oxygen atoms in total. The van der Waals surface area contributed by atoms with Gasteiger partial charge in [0.2, 0.25) is 0 Å². The Labute approximate surface area is 170 Å². The first-order valence-electron chi connectivity index (χ1n) is 9.53. The number of rotatable bonds is 5. The maximum Gasteiger partial charge on any atom is 0.328 e. The molecule has 0 aromatic heterocycles. The topological polar surface area (TPSA) is 85.3 Å². The Morgan fingerprint density at radius 3 is 2.69 bits per heavy atom. The predicted octanol–water partition coefficient (Wildman–Crippen LogP) is 2.53. The van der Waals surface area contributed by atoms with Crippen LogP contribution in [0.15, 0.2) is 57.8 Å². The molecular weight excluding hydrogens is 392 g/mol. The molecule has 2 aromatic rings. The molecule has 8 heteroatoms. The summed E-state index contributed by atoms with van der Waals surface area (Å²) in [5.41, 5.74) is 1.68. The molecule has 0 aliphatic carbocycles. The number of carbonyl (C=O) groups excluding carboxylic acids is 1. The molecule has 2 aromatic carbocycles. The van der Waals surface area contributed by atoms with Crippen molar-refractivity contribution in [2.24, 2.45) is 4.40 Å². The van der Waals surface area contributed by atoms with Gasteiger partial charge in [-0.05, 0) is 44.0 Å². The van der Waals surface area contributed by atoms with Crippen LogP contribution < -0.4 is 4.74 Å². The minimum atomic E-state index is -3.72. The van der Waals surface area contributed by atoms with Crippen molar-refractivity contribution >= 4 is 21.8 Å². The molecule has 1 atom stereocenters. The average molecular weight is 414 g/mol. The second kappa shape index (κ2) is 7.87. The lowest BCUT2D eigenvalue weighted by Crippen LogP contribution is -2.41. The van der Waals surface area contributed by atoms with Gasteiger partial charge in [0.1, 0.15) is 29.9 Å². The van der Waals surface area contributed by atoms with Gasteiger partial charge in [-0.15, -0.1) is 4.40 Å². The second-order valence-electron chi connectivity index (χ2n) is 7.07. The van der Waals surface area contributed by atoms with Crippen molar-refractivity contribution in [3.63, 3.8) is 0 Å². The van der Waals surface area contributed by atoms with E-state index in [1.165, 1.54) is 6.07 Å². The fourth-order valence-electron chi connectivity index (χ4n) is 3.59. The average Bonchev–Trinajstić information content (AvgIpc) is 3.29. The Hall–Kier alpha value is -2.87. The van der Waals surface area contributed by atoms with Gasteiger partial charge < -0.3 is 14.4 Å². The van der Waals surface area contributed by atoms with Crippen molar-refractivity contribution in [1.82, 2.24) is 4.90 Å². The number of sulfonamides is 1. The Morgan fingerprint density at radius 2 is 1.90 bits per heavy atom. The SMILES string of the molecule is Cc1ccc(OCCOC(=O)[C@@H]2CCCN2C2=NS(=O)(=O)c3ccccc32)cc1. The molecule has 0 amide bonds. The molecule has 0 N–H and O–H groups in total. The van der Waals surface area contributed by atoms with Gasteiger partial charge in [0, 0.05) is 12.1 Å². The van der Waals surface area contributed by atoms with Crippen LogP contribution in [0.1, 0.15) is 24.0 Å². The molecule has 0 saturated carbocycles. The number of amidine groups is 1. The van der Waals surface area contributed by atoms with Gasteiger partial charge in [-0.25, -0.2) is 4.79 Å². The first kappa shape index (κ1) is 19.4. The van der Waals surface area contributed by atoms with Gasteiger partial charge in [-0.1, -0.05) is 29.8 Å². The van der Waals surface area contributed by atoms with Crippen molar-refractivity contribution in [2.75, 3.05) is 19.8 Å². The summed E-state index contributed by atoms with van der Waals surface area (Å²) >= 11 is 0. The Balaban J connectivity index is 1.38. The molecule has 2 aliphatic rings. The number of nitrogens with zero attached hydrogens (tertiary/aromatic N) is 2. The molecular formula is C21H22N2O5S. The second-order valence-corrected chi connectivity index (χ2v) is 8.64. The summed E-state index contributed by atoms with van der Waals surface area (Å²) in [6.45, 7) is 2.93. The van der Waals surface area contributed by atoms with E-state index in [2.05, 4.69) is 4.40 Å². The van der Waals surface area contributed by atoms with Gasteiger partial charge in [0.25, 0.3) is 10.0 Å². The molecule has 0 spiro atoms. The van der Waals surface area contributed by atoms with Crippen LogP contribution in [0, 0.1) is 6.92 Å². The molecule has 0 bridgehead atoms. The molecule has 2 heterocycles. The maximum absolute atomic E-state index is 12.6. The van der Waals surface area contributed by atoms with Crippen LogP contribution >= 0.6 is 0 Å². The molecule has 1 fully saturated rings. The molecule has 1 saturated heterocycles. The van der Waals surface area contributed by atoms with E-state index < -0.39 is 16.1 Å². The third kappa shape index (κ3) is 3.98. The number of ether oxygens (including phenoxy) is 2. The number of hydrogen-bond donors (Lipinski definition) is 0. The quantitative estimate of drug-likeness (QED) is 0.552. The standard InChI is InChI=1S/C21H22N2O5S/c1-15-8-10-16(11-9-15)27-13-14-28-21(24)18-6-4-12-23(18)20-17-5-2-3-7-19(17)29(25,26)22-20/h2-3,5,7-11,18H,4,6,12-14H2,1H3/t18-/m0/s1. The van der Waals surface area contributed by atoms with Crippen molar-refractivity contribution < 1.29 is 22.7 Å². The van der Waals surface area contributed by atoms with Crippen molar-refractivity contribution in [3.05, 3.63) is 59.7 Å². The Kier molecular flexibility index (Phi) is 5.27. The fraction of sp³-hybridized carbons (Fsp3) is 0.333. The van der Waals surface area contributed by atoms with E-state index in [0.717, 1.165) is 17.7 Å². The third-order valence-electron chi connectivity index (χ3n) is 5.03. The van der Waals surface area contributed by atoms with Crippen LogP contribution in [0.2, 0.25) is 0 Å². The van der Waals surface area contributed by atoms with Crippen LogP contribution in [-0.2, 0) is 19.6 Å². The highest BCUT2D eigenvalue weighted by Gasteiger charge is 2.39. The molecule has 29 heavy (non-hydrogen) atoms. The molecule has 2 aliphatic heterocycles. The monoisotopic (exact) mass is 414 g/mol. The molecule has 0 radical (unpaired) electrons. The summed E-state index contributed by atoms with van der Waals surface area (Å²) in [5.74, 6) is 0.659. The van der Waals surface area contributed by atoms with Crippen molar-refractivity contribution in [2.45, 2.75) is 30.7 Å². The van der Waals surface area contributed by atoms with Crippen LogP contribution in [-0.4, -0.2) is 50.9 Å². The minimum Gasteiger partial charge on any atom is -0.490 e. The normalized spacial score (nSPS) is 19.6. The number of likely N-dealkylation sites (tertiary alicyclic amines) is 1. The van der Waals surface area contributed by atoms with Gasteiger partial charge in [0.05, 0.1) is 0 Å². The largest absolute Gasteiger partial charge is 0.490 e. The highest BCUT2D eigenvalue weighted by molar-refractivity contribution is 7.90. The molecule has 0 unspecified atom stereocenters. The smallest absolute Gasteiger partial charge is 0.328 e.